The van der Waals surface area contributed by atoms with Crippen LogP contribution < -0.4 is 5.32 Å². The Morgan fingerprint density at radius 3 is 2.44 bits per heavy atom. The smallest absolute Gasteiger partial charge is 0.127 e. The van der Waals surface area contributed by atoms with E-state index in [9.17, 15) is 4.39 Å². The van der Waals surface area contributed by atoms with Crippen molar-refractivity contribution in [1.29, 1.82) is 0 Å². The molecule has 0 aliphatic carbocycles. The number of hydrogen-bond acceptors (Lipinski definition) is 1. The zero-order chi connectivity index (χ0) is 13.0. The average molecular weight is 243 g/mol. The van der Waals surface area contributed by atoms with E-state index in [4.69, 9.17) is 0 Å². The molecule has 0 fully saturated rings. The minimum atomic E-state index is -0.151. The fourth-order valence-electron chi connectivity index (χ4n) is 2.01. The van der Waals surface area contributed by atoms with Crippen LogP contribution in [0.25, 0.3) is 0 Å². The van der Waals surface area contributed by atoms with Crippen LogP contribution in [0, 0.1) is 12.7 Å². The van der Waals surface area contributed by atoms with Gasteiger partial charge in [0.25, 0.3) is 0 Å². The maximum Gasteiger partial charge on any atom is 0.127 e. The second-order valence-corrected chi connectivity index (χ2v) is 4.55. The average Bonchev–Trinajstić information content (AvgIpc) is 2.38. The molecule has 0 radical (unpaired) electrons. The Hall–Kier alpha value is -1.67. The van der Waals surface area contributed by atoms with E-state index in [1.807, 2.05) is 31.2 Å². The minimum Gasteiger partial charge on any atom is -0.306 e. The third-order valence-corrected chi connectivity index (χ3v) is 3.23. The first-order valence-electron chi connectivity index (χ1n) is 6.21. The Morgan fingerprint density at radius 1 is 1.06 bits per heavy atom. The molecule has 0 saturated heterocycles. The number of hydrogen-bond donors (Lipinski definition) is 1. The van der Waals surface area contributed by atoms with E-state index in [0.717, 1.165) is 6.54 Å². The van der Waals surface area contributed by atoms with Gasteiger partial charge in [-0.3, -0.25) is 0 Å². The van der Waals surface area contributed by atoms with Crippen LogP contribution in [-0.2, 0) is 6.54 Å². The van der Waals surface area contributed by atoms with Crippen molar-refractivity contribution in [1.82, 2.24) is 5.32 Å². The Morgan fingerprint density at radius 2 is 1.72 bits per heavy atom. The Balaban J connectivity index is 2.03. The van der Waals surface area contributed by atoms with Crippen LogP contribution in [0.4, 0.5) is 4.39 Å². The summed E-state index contributed by atoms with van der Waals surface area (Å²) in [5.41, 5.74) is 3.22. The molecule has 1 atom stereocenters. The van der Waals surface area contributed by atoms with Crippen LogP contribution in [0.15, 0.2) is 48.5 Å². The van der Waals surface area contributed by atoms with Crippen molar-refractivity contribution in [2.45, 2.75) is 26.4 Å². The zero-order valence-electron chi connectivity index (χ0n) is 10.8. The highest BCUT2D eigenvalue weighted by Crippen LogP contribution is 2.17. The number of rotatable bonds is 4. The fourth-order valence-corrected chi connectivity index (χ4v) is 2.01. The van der Waals surface area contributed by atoms with E-state index >= 15 is 0 Å². The third kappa shape index (κ3) is 2.96. The van der Waals surface area contributed by atoms with Crippen molar-refractivity contribution in [3.63, 3.8) is 0 Å². The standard InChI is InChI=1S/C16H18FN/c1-12-7-3-4-8-14(12)11-18-13(2)15-9-5-6-10-16(15)17/h3-10,13,18H,11H2,1-2H3. The van der Waals surface area contributed by atoms with E-state index in [1.54, 1.807) is 6.07 Å². The highest BCUT2D eigenvalue weighted by molar-refractivity contribution is 5.26. The monoisotopic (exact) mass is 243 g/mol. The predicted molar refractivity (Wildman–Crippen MR) is 72.8 cm³/mol. The molecule has 1 nitrogen and oxygen atoms in total. The molecule has 0 aliphatic heterocycles. The number of nitrogens with one attached hydrogen (secondary N) is 1. The highest BCUT2D eigenvalue weighted by Gasteiger charge is 2.09. The van der Waals surface area contributed by atoms with Gasteiger partial charge in [0.2, 0.25) is 0 Å². The molecule has 0 aliphatic rings. The van der Waals surface area contributed by atoms with Crippen molar-refractivity contribution in [2.75, 3.05) is 0 Å². The van der Waals surface area contributed by atoms with Gasteiger partial charge in [0.15, 0.2) is 0 Å². The Labute approximate surface area is 108 Å². The molecule has 2 heteroatoms. The third-order valence-electron chi connectivity index (χ3n) is 3.23. The van der Waals surface area contributed by atoms with E-state index in [-0.39, 0.29) is 11.9 Å². The first kappa shape index (κ1) is 12.8. The Kier molecular flexibility index (Phi) is 4.11. The van der Waals surface area contributed by atoms with Gasteiger partial charge in [-0.15, -0.1) is 0 Å². The van der Waals surface area contributed by atoms with Crippen molar-refractivity contribution < 1.29 is 4.39 Å². The molecule has 2 aromatic rings. The van der Waals surface area contributed by atoms with Crippen molar-refractivity contribution >= 4 is 0 Å². The van der Waals surface area contributed by atoms with Gasteiger partial charge in [-0.2, -0.15) is 0 Å². The molecular weight excluding hydrogens is 225 g/mol. The van der Waals surface area contributed by atoms with Crippen LogP contribution in [0.2, 0.25) is 0 Å². The second-order valence-electron chi connectivity index (χ2n) is 4.55. The number of benzene rings is 2. The van der Waals surface area contributed by atoms with E-state index < -0.39 is 0 Å². The molecule has 0 aromatic heterocycles. The molecule has 1 N–H and O–H groups in total. The van der Waals surface area contributed by atoms with Gasteiger partial charge in [-0.1, -0.05) is 42.5 Å². The minimum absolute atomic E-state index is 0.00538. The summed E-state index contributed by atoms with van der Waals surface area (Å²) in [5, 5.41) is 3.36. The maximum absolute atomic E-state index is 13.6. The summed E-state index contributed by atoms with van der Waals surface area (Å²) in [6.07, 6.45) is 0. The molecule has 0 spiro atoms. The molecule has 0 heterocycles. The van der Waals surface area contributed by atoms with Crippen LogP contribution >= 0.6 is 0 Å². The van der Waals surface area contributed by atoms with Gasteiger partial charge in [0.05, 0.1) is 0 Å². The van der Waals surface area contributed by atoms with E-state index in [1.165, 1.54) is 17.2 Å². The van der Waals surface area contributed by atoms with Gasteiger partial charge in [0.1, 0.15) is 5.82 Å². The quantitative estimate of drug-likeness (QED) is 0.856. The second kappa shape index (κ2) is 5.78. The van der Waals surface area contributed by atoms with Crippen LogP contribution in [0.5, 0.6) is 0 Å². The molecule has 94 valence electrons. The highest BCUT2D eigenvalue weighted by atomic mass is 19.1. The van der Waals surface area contributed by atoms with Crippen LogP contribution in [0.1, 0.15) is 29.7 Å². The van der Waals surface area contributed by atoms with Crippen molar-refractivity contribution in [3.8, 4) is 0 Å². The lowest BCUT2D eigenvalue weighted by Crippen LogP contribution is -2.19. The maximum atomic E-state index is 13.6. The predicted octanol–water partition coefficient (Wildman–Crippen LogP) is 3.98. The fraction of sp³-hybridized carbons (Fsp3) is 0.250. The van der Waals surface area contributed by atoms with Gasteiger partial charge >= 0.3 is 0 Å². The summed E-state index contributed by atoms with van der Waals surface area (Å²) < 4.78 is 13.6. The molecular formula is C16H18FN. The molecule has 2 rings (SSSR count). The van der Waals surface area contributed by atoms with Crippen molar-refractivity contribution in [2.24, 2.45) is 0 Å². The molecule has 1 unspecified atom stereocenters. The largest absolute Gasteiger partial charge is 0.306 e. The van der Waals surface area contributed by atoms with Crippen LogP contribution in [0.3, 0.4) is 0 Å². The number of halogens is 1. The first-order valence-corrected chi connectivity index (χ1v) is 6.21. The summed E-state index contributed by atoms with van der Waals surface area (Å²) in [6.45, 7) is 4.82. The lowest BCUT2D eigenvalue weighted by molar-refractivity contribution is 0.527. The summed E-state index contributed by atoms with van der Waals surface area (Å²) in [5.74, 6) is -0.151. The lowest BCUT2D eigenvalue weighted by atomic mass is 10.1. The van der Waals surface area contributed by atoms with E-state index in [0.29, 0.717) is 5.56 Å². The molecule has 2 aromatic carbocycles. The summed E-state index contributed by atoms with van der Waals surface area (Å²) >= 11 is 0. The summed E-state index contributed by atoms with van der Waals surface area (Å²) in [4.78, 5) is 0. The summed E-state index contributed by atoms with van der Waals surface area (Å²) in [7, 11) is 0. The SMILES string of the molecule is Cc1ccccc1CNC(C)c1ccccc1F. The molecule has 0 bridgehead atoms. The molecule has 0 amide bonds. The normalized spacial score (nSPS) is 12.4. The number of aryl methyl sites for hydroxylation is 1. The van der Waals surface area contributed by atoms with E-state index in [2.05, 4.69) is 24.4 Å². The van der Waals surface area contributed by atoms with Gasteiger partial charge < -0.3 is 5.32 Å². The van der Waals surface area contributed by atoms with Crippen molar-refractivity contribution in [3.05, 3.63) is 71.0 Å². The molecule has 0 saturated carbocycles. The Bertz CT molecular complexity index is 522. The van der Waals surface area contributed by atoms with Gasteiger partial charge in [-0.25, -0.2) is 4.39 Å². The van der Waals surface area contributed by atoms with Crippen LogP contribution in [-0.4, -0.2) is 0 Å². The molecule has 18 heavy (non-hydrogen) atoms. The van der Waals surface area contributed by atoms with Gasteiger partial charge in [0, 0.05) is 18.2 Å². The topological polar surface area (TPSA) is 12.0 Å². The summed E-state index contributed by atoms with van der Waals surface area (Å²) in [6, 6.07) is 15.1. The zero-order valence-corrected chi connectivity index (χ0v) is 10.8. The lowest BCUT2D eigenvalue weighted by Gasteiger charge is -2.16. The first-order chi connectivity index (χ1) is 8.68. The van der Waals surface area contributed by atoms with Gasteiger partial charge in [-0.05, 0) is 31.0 Å².